The maximum atomic E-state index is 12.5. The van der Waals surface area contributed by atoms with Crippen LogP contribution in [0.4, 0.5) is 0 Å². The third-order valence-corrected chi connectivity index (χ3v) is 4.68. The summed E-state index contributed by atoms with van der Waals surface area (Å²) in [5.41, 5.74) is 2.72. The highest BCUT2D eigenvalue weighted by atomic mass is 32.1. The number of carboxylic acid groups (broad SMARTS) is 1. The molecule has 0 fully saturated rings. The second kappa shape index (κ2) is 5.88. The molecule has 1 aromatic carbocycles. The third kappa shape index (κ3) is 2.87. The molecule has 5 nitrogen and oxygen atoms in total. The number of nitrogens with zero attached hydrogens (tertiary/aromatic N) is 2. The van der Waals surface area contributed by atoms with E-state index in [0.29, 0.717) is 18.7 Å². The number of carbonyl (C=O) groups is 2. The molecule has 0 spiro atoms. The molecule has 1 amide bonds. The predicted octanol–water partition coefficient (Wildman–Crippen LogP) is 2.03. The molecule has 2 heterocycles. The topological polar surface area (TPSA) is 70.5 Å². The molecule has 0 aliphatic carbocycles. The van der Waals surface area contributed by atoms with E-state index in [0.717, 1.165) is 16.1 Å². The molecular weight excluding hydrogens is 300 g/mol. The number of carbonyl (C=O) groups excluding carboxylic acids is 1. The number of benzene rings is 1. The number of carboxylic acids is 1. The Labute approximate surface area is 132 Å². The van der Waals surface area contributed by atoms with Gasteiger partial charge in [-0.3, -0.25) is 4.79 Å². The minimum absolute atomic E-state index is 0.149. The summed E-state index contributed by atoms with van der Waals surface area (Å²) in [6.45, 7) is 2.23. The summed E-state index contributed by atoms with van der Waals surface area (Å²) in [7, 11) is 0. The van der Waals surface area contributed by atoms with Crippen molar-refractivity contribution in [2.45, 2.75) is 32.4 Å². The van der Waals surface area contributed by atoms with Gasteiger partial charge in [-0.05, 0) is 18.1 Å². The fraction of sp³-hybridized carbons (Fsp3) is 0.312. The Morgan fingerprint density at radius 1 is 1.36 bits per heavy atom. The van der Waals surface area contributed by atoms with E-state index in [1.165, 1.54) is 16.2 Å². The number of aliphatic carboxylic acids is 1. The van der Waals surface area contributed by atoms with Crippen LogP contribution >= 0.6 is 11.3 Å². The zero-order chi connectivity index (χ0) is 15.7. The van der Waals surface area contributed by atoms with Crippen molar-refractivity contribution in [3.05, 3.63) is 51.5 Å². The first-order chi connectivity index (χ1) is 10.5. The zero-order valence-corrected chi connectivity index (χ0v) is 13.0. The van der Waals surface area contributed by atoms with E-state index in [4.69, 9.17) is 0 Å². The summed E-state index contributed by atoms with van der Waals surface area (Å²) < 4.78 is 0. The van der Waals surface area contributed by atoms with E-state index >= 15 is 0 Å². The van der Waals surface area contributed by atoms with Crippen LogP contribution in [0.15, 0.2) is 29.6 Å². The van der Waals surface area contributed by atoms with Gasteiger partial charge in [-0.15, -0.1) is 11.3 Å². The molecule has 0 saturated carbocycles. The lowest BCUT2D eigenvalue weighted by Crippen LogP contribution is -2.49. The van der Waals surface area contributed by atoms with Crippen LogP contribution in [-0.4, -0.2) is 32.9 Å². The van der Waals surface area contributed by atoms with E-state index in [1.807, 2.05) is 36.6 Å². The zero-order valence-electron chi connectivity index (χ0n) is 12.2. The lowest BCUT2D eigenvalue weighted by molar-refractivity contribution is -0.151. The van der Waals surface area contributed by atoms with E-state index in [-0.39, 0.29) is 12.3 Å². The van der Waals surface area contributed by atoms with Crippen LogP contribution in [0.1, 0.15) is 21.8 Å². The minimum Gasteiger partial charge on any atom is -0.480 e. The number of amides is 1. The van der Waals surface area contributed by atoms with Gasteiger partial charge in [0.25, 0.3) is 0 Å². The van der Waals surface area contributed by atoms with Crippen molar-refractivity contribution in [1.82, 2.24) is 9.88 Å². The molecule has 0 radical (unpaired) electrons. The monoisotopic (exact) mass is 316 g/mol. The van der Waals surface area contributed by atoms with Crippen LogP contribution in [0.3, 0.4) is 0 Å². The molecule has 0 bridgehead atoms. The molecule has 2 aromatic rings. The Morgan fingerprint density at radius 3 is 2.73 bits per heavy atom. The molecular formula is C16H16N2O3S. The Morgan fingerprint density at radius 2 is 2.09 bits per heavy atom. The van der Waals surface area contributed by atoms with Crippen LogP contribution in [-0.2, 0) is 29.0 Å². The van der Waals surface area contributed by atoms with E-state index in [9.17, 15) is 14.7 Å². The molecule has 114 valence electrons. The molecule has 22 heavy (non-hydrogen) atoms. The van der Waals surface area contributed by atoms with Gasteiger partial charge in [-0.1, -0.05) is 24.3 Å². The van der Waals surface area contributed by atoms with Gasteiger partial charge in [0.05, 0.1) is 17.1 Å². The molecule has 1 aliphatic heterocycles. The SMILES string of the molecule is Cc1nc(CC(=O)N2Cc3ccccc3C[C@@H]2C(=O)O)cs1. The summed E-state index contributed by atoms with van der Waals surface area (Å²) in [4.78, 5) is 29.8. The largest absolute Gasteiger partial charge is 0.480 e. The molecule has 3 rings (SSSR count). The first-order valence-electron chi connectivity index (χ1n) is 7.04. The summed E-state index contributed by atoms with van der Waals surface area (Å²) in [6.07, 6.45) is 0.504. The third-order valence-electron chi connectivity index (χ3n) is 3.85. The smallest absolute Gasteiger partial charge is 0.326 e. The number of aryl methyl sites for hydroxylation is 1. The van der Waals surface area contributed by atoms with Crippen molar-refractivity contribution in [3.8, 4) is 0 Å². The predicted molar refractivity (Wildman–Crippen MR) is 82.7 cm³/mol. The molecule has 0 unspecified atom stereocenters. The van der Waals surface area contributed by atoms with Gasteiger partial charge in [0.1, 0.15) is 6.04 Å². The van der Waals surface area contributed by atoms with Crippen molar-refractivity contribution in [1.29, 1.82) is 0 Å². The standard InChI is InChI=1S/C16H16N2O3S/c1-10-17-13(9-22-10)7-15(19)18-8-12-5-3-2-4-11(12)6-14(18)16(20)21/h2-5,9,14H,6-8H2,1H3,(H,20,21)/t14-/m1/s1. The van der Waals surface area contributed by atoms with Crippen LogP contribution in [0.2, 0.25) is 0 Å². The fourth-order valence-electron chi connectivity index (χ4n) is 2.75. The van der Waals surface area contributed by atoms with Gasteiger partial charge < -0.3 is 10.0 Å². The molecule has 1 aliphatic rings. The van der Waals surface area contributed by atoms with Crippen LogP contribution < -0.4 is 0 Å². The molecule has 1 atom stereocenters. The normalized spacial score (nSPS) is 17.1. The van der Waals surface area contributed by atoms with Gasteiger partial charge in [0.15, 0.2) is 0 Å². The van der Waals surface area contributed by atoms with Gasteiger partial charge in [0, 0.05) is 18.3 Å². The van der Waals surface area contributed by atoms with E-state index in [2.05, 4.69) is 4.98 Å². The summed E-state index contributed by atoms with van der Waals surface area (Å²) in [5.74, 6) is -1.15. The number of rotatable bonds is 3. The Hall–Kier alpha value is -2.21. The average Bonchev–Trinajstić information content (AvgIpc) is 2.90. The molecule has 0 saturated heterocycles. The minimum atomic E-state index is -0.961. The van der Waals surface area contributed by atoms with Gasteiger partial charge >= 0.3 is 5.97 Å². The van der Waals surface area contributed by atoms with Crippen molar-refractivity contribution in [2.24, 2.45) is 0 Å². The van der Waals surface area contributed by atoms with Crippen molar-refractivity contribution < 1.29 is 14.7 Å². The summed E-state index contributed by atoms with van der Waals surface area (Å²) in [6, 6.07) is 6.87. The number of aromatic nitrogens is 1. The molecule has 6 heteroatoms. The number of fused-ring (bicyclic) bond motifs is 1. The van der Waals surface area contributed by atoms with Gasteiger partial charge in [-0.25, -0.2) is 9.78 Å². The first-order valence-corrected chi connectivity index (χ1v) is 7.92. The van der Waals surface area contributed by atoms with Crippen LogP contribution in [0.5, 0.6) is 0 Å². The Bertz CT molecular complexity index is 726. The van der Waals surface area contributed by atoms with Crippen LogP contribution in [0, 0.1) is 6.92 Å². The average molecular weight is 316 g/mol. The Kier molecular flexibility index (Phi) is 3.94. The second-order valence-electron chi connectivity index (χ2n) is 5.38. The van der Waals surface area contributed by atoms with Crippen molar-refractivity contribution in [3.63, 3.8) is 0 Å². The summed E-state index contributed by atoms with van der Waals surface area (Å²) >= 11 is 1.49. The second-order valence-corrected chi connectivity index (χ2v) is 6.45. The lowest BCUT2D eigenvalue weighted by atomic mass is 9.93. The number of hydrogen-bond acceptors (Lipinski definition) is 4. The highest BCUT2D eigenvalue weighted by Crippen LogP contribution is 2.24. The quantitative estimate of drug-likeness (QED) is 0.940. The fourth-order valence-corrected chi connectivity index (χ4v) is 3.36. The van der Waals surface area contributed by atoms with E-state index in [1.54, 1.807) is 0 Å². The highest BCUT2D eigenvalue weighted by molar-refractivity contribution is 7.09. The van der Waals surface area contributed by atoms with Gasteiger partial charge in [0.2, 0.25) is 5.91 Å². The van der Waals surface area contributed by atoms with Crippen molar-refractivity contribution in [2.75, 3.05) is 0 Å². The van der Waals surface area contributed by atoms with Gasteiger partial charge in [-0.2, -0.15) is 0 Å². The maximum absolute atomic E-state index is 12.5. The molecule has 1 aromatic heterocycles. The highest BCUT2D eigenvalue weighted by Gasteiger charge is 2.34. The molecule has 1 N–H and O–H groups in total. The first kappa shape index (κ1) is 14.7. The van der Waals surface area contributed by atoms with Crippen molar-refractivity contribution >= 4 is 23.2 Å². The van der Waals surface area contributed by atoms with E-state index < -0.39 is 12.0 Å². The number of thiazole rings is 1. The Balaban J connectivity index is 1.84. The number of hydrogen-bond donors (Lipinski definition) is 1. The maximum Gasteiger partial charge on any atom is 0.326 e. The lowest BCUT2D eigenvalue weighted by Gasteiger charge is -2.34. The summed E-state index contributed by atoms with van der Waals surface area (Å²) in [5, 5.41) is 12.2. The van der Waals surface area contributed by atoms with Crippen LogP contribution in [0.25, 0.3) is 0 Å².